The van der Waals surface area contributed by atoms with Crippen molar-refractivity contribution in [1.82, 2.24) is 9.97 Å². The molecule has 6 heteroatoms. The number of carbonyl (C=O) groups excluding carboxylic acids is 1. The summed E-state index contributed by atoms with van der Waals surface area (Å²) in [6.07, 6.45) is 6.10. The molecule has 0 aliphatic carbocycles. The van der Waals surface area contributed by atoms with Crippen LogP contribution in [0.4, 0.5) is 11.5 Å². The molecule has 1 amide bonds. The molecule has 20 heavy (non-hydrogen) atoms. The molecule has 3 rings (SSSR count). The molecule has 3 heterocycles. The van der Waals surface area contributed by atoms with Crippen LogP contribution in [0.3, 0.4) is 0 Å². The van der Waals surface area contributed by atoms with E-state index in [-0.39, 0.29) is 17.9 Å². The third kappa shape index (κ3) is 2.60. The van der Waals surface area contributed by atoms with Crippen molar-refractivity contribution in [1.29, 1.82) is 0 Å². The molecule has 2 aliphatic heterocycles. The zero-order valence-corrected chi connectivity index (χ0v) is 11.7. The van der Waals surface area contributed by atoms with E-state index in [1.54, 1.807) is 6.20 Å². The number of amides is 1. The largest absolute Gasteiger partial charge is 0.368 e. The van der Waals surface area contributed by atoms with Crippen LogP contribution in [0.5, 0.6) is 0 Å². The summed E-state index contributed by atoms with van der Waals surface area (Å²) in [6, 6.07) is 0. The smallest absolute Gasteiger partial charge is 0.253 e. The highest BCUT2D eigenvalue weighted by Crippen LogP contribution is 2.27. The molecule has 0 bridgehead atoms. The van der Waals surface area contributed by atoms with Crippen LogP contribution in [0.2, 0.25) is 0 Å². The average molecular weight is 276 g/mol. The Balaban J connectivity index is 1.75. The second-order valence-corrected chi connectivity index (χ2v) is 5.50. The lowest BCUT2D eigenvalue weighted by molar-refractivity contribution is -0.126. The third-order valence-electron chi connectivity index (χ3n) is 4.00. The molecule has 0 radical (unpaired) electrons. The predicted molar refractivity (Wildman–Crippen MR) is 75.6 cm³/mol. The number of nitrogens with one attached hydrogen (secondary N) is 1. The summed E-state index contributed by atoms with van der Waals surface area (Å²) in [7, 11) is 0. The fourth-order valence-corrected chi connectivity index (χ4v) is 2.83. The van der Waals surface area contributed by atoms with Gasteiger partial charge in [0.2, 0.25) is 0 Å². The first-order chi connectivity index (χ1) is 9.75. The van der Waals surface area contributed by atoms with E-state index in [1.165, 1.54) is 19.2 Å². The number of rotatable bonds is 3. The topological polar surface area (TPSA) is 67.3 Å². The maximum Gasteiger partial charge on any atom is 0.253 e. The molecule has 0 saturated carbocycles. The van der Waals surface area contributed by atoms with Gasteiger partial charge in [-0.15, -0.1) is 0 Å². The molecular weight excluding hydrogens is 256 g/mol. The van der Waals surface area contributed by atoms with E-state index in [0.29, 0.717) is 12.3 Å². The van der Waals surface area contributed by atoms with E-state index >= 15 is 0 Å². The summed E-state index contributed by atoms with van der Waals surface area (Å²) in [5, 5.41) is 2.93. The molecule has 2 fully saturated rings. The van der Waals surface area contributed by atoms with Gasteiger partial charge in [0.05, 0.1) is 6.20 Å². The molecule has 0 aromatic carbocycles. The zero-order chi connectivity index (χ0) is 13.9. The standard InChI is InChI=1S/C14H20N4O2/c1-10-4-7-20-12(10)14(19)17-11-8-15-9-16-13(11)18-5-2-3-6-18/h8-10,12H,2-7H2,1H3,(H,17,19)/t10-,12-/m0/s1. The molecule has 0 unspecified atom stereocenters. The SMILES string of the molecule is C[C@H]1CCO[C@@H]1C(=O)Nc1cncnc1N1CCCC1. The number of nitrogens with zero attached hydrogens (tertiary/aromatic N) is 3. The first kappa shape index (κ1) is 13.3. The second kappa shape index (κ2) is 5.75. The maximum atomic E-state index is 12.3. The molecule has 1 aromatic rings. The average Bonchev–Trinajstić information content (AvgIpc) is 3.10. The lowest BCUT2D eigenvalue weighted by Gasteiger charge is -2.21. The third-order valence-corrected chi connectivity index (χ3v) is 4.00. The van der Waals surface area contributed by atoms with E-state index < -0.39 is 0 Å². The maximum absolute atomic E-state index is 12.3. The molecule has 1 aromatic heterocycles. The number of anilines is 2. The minimum absolute atomic E-state index is 0.0924. The number of hydrogen-bond acceptors (Lipinski definition) is 5. The van der Waals surface area contributed by atoms with Gasteiger partial charge in [-0.2, -0.15) is 0 Å². The number of ether oxygens (including phenoxy) is 1. The summed E-state index contributed by atoms with van der Waals surface area (Å²) >= 11 is 0. The summed E-state index contributed by atoms with van der Waals surface area (Å²) in [6.45, 7) is 4.66. The van der Waals surface area contributed by atoms with E-state index in [0.717, 1.165) is 25.3 Å². The Morgan fingerprint density at radius 3 is 2.95 bits per heavy atom. The van der Waals surface area contributed by atoms with Crippen molar-refractivity contribution in [3.8, 4) is 0 Å². The fraction of sp³-hybridized carbons (Fsp3) is 0.643. The molecule has 0 spiro atoms. The van der Waals surface area contributed by atoms with Gasteiger partial charge in [0.25, 0.3) is 5.91 Å². The van der Waals surface area contributed by atoms with E-state index in [9.17, 15) is 4.79 Å². The Morgan fingerprint density at radius 2 is 2.25 bits per heavy atom. The van der Waals surface area contributed by atoms with Crippen LogP contribution in [0.1, 0.15) is 26.2 Å². The summed E-state index contributed by atoms with van der Waals surface area (Å²) in [5.74, 6) is 0.983. The summed E-state index contributed by atoms with van der Waals surface area (Å²) < 4.78 is 5.50. The van der Waals surface area contributed by atoms with Gasteiger partial charge >= 0.3 is 0 Å². The van der Waals surface area contributed by atoms with Crippen LogP contribution >= 0.6 is 0 Å². The quantitative estimate of drug-likeness (QED) is 0.905. The zero-order valence-electron chi connectivity index (χ0n) is 11.7. The first-order valence-electron chi connectivity index (χ1n) is 7.23. The summed E-state index contributed by atoms with van der Waals surface area (Å²) in [5.41, 5.74) is 0.683. The van der Waals surface area contributed by atoms with E-state index in [1.807, 2.05) is 6.92 Å². The monoisotopic (exact) mass is 276 g/mol. The van der Waals surface area contributed by atoms with Gasteiger partial charge in [0.1, 0.15) is 18.1 Å². The lowest BCUT2D eigenvalue weighted by Crippen LogP contribution is -2.32. The van der Waals surface area contributed by atoms with Gasteiger partial charge in [-0.1, -0.05) is 6.92 Å². The molecular formula is C14H20N4O2. The minimum atomic E-state index is -0.360. The van der Waals surface area contributed by atoms with Crippen molar-refractivity contribution in [2.24, 2.45) is 5.92 Å². The molecule has 1 N–H and O–H groups in total. The van der Waals surface area contributed by atoms with Gasteiger partial charge in [-0.25, -0.2) is 9.97 Å². The molecule has 2 aliphatic rings. The lowest BCUT2D eigenvalue weighted by atomic mass is 10.0. The van der Waals surface area contributed by atoms with Crippen LogP contribution in [0.25, 0.3) is 0 Å². The first-order valence-corrected chi connectivity index (χ1v) is 7.23. The second-order valence-electron chi connectivity index (χ2n) is 5.50. The highest BCUT2D eigenvalue weighted by atomic mass is 16.5. The summed E-state index contributed by atoms with van der Waals surface area (Å²) in [4.78, 5) is 22.8. The van der Waals surface area contributed by atoms with Crippen molar-refractivity contribution in [3.63, 3.8) is 0 Å². The van der Waals surface area contributed by atoms with Crippen molar-refractivity contribution < 1.29 is 9.53 Å². The molecule has 2 atom stereocenters. The van der Waals surface area contributed by atoms with Crippen LogP contribution in [0.15, 0.2) is 12.5 Å². The van der Waals surface area contributed by atoms with Gasteiger partial charge in [-0.3, -0.25) is 4.79 Å². The Kier molecular flexibility index (Phi) is 3.82. The molecule has 2 saturated heterocycles. The number of aromatic nitrogens is 2. The Labute approximate surface area is 118 Å². The van der Waals surface area contributed by atoms with Crippen LogP contribution < -0.4 is 10.2 Å². The van der Waals surface area contributed by atoms with Crippen molar-refractivity contribution in [2.75, 3.05) is 29.9 Å². The molecule has 6 nitrogen and oxygen atoms in total. The van der Waals surface area contributed by atoms with Crippen molar-refractivity contribution in [2.45, 2.75) is 32.3 Å². The van der Waals surface area contributed by atoms with Crippen LogP contribution in [-0.4, -0.2) is 41.7 Å². The Bertz CT molecular complexity index is 488. The molecule has 108 valence electrons. The van der Waals surface area contributed by atoms with Crippen LogP contribution in [0, 0.1) is 5.92 Å². The van der Waals surface area contributed by atoms with Crippen molar-refractivity contribution in [3.05, 3.63) is 12.5 Å². The highest BCUT2D eigenvalue weighted by molar-refractivity contribution is 5.96. The van der Waals surface area contributed by atoms with Crippen LogP contribution in [-0.2, 0) is 9.53 Å². The minimum Gasteiger partial charge on any atom is -0.368 e. The van der Waals surface area contributed by atoms with Crippen molar-refractivity contribution >= 4 is 17.4 Å². The number of hydrogen-bond donors (Lipinski definition) is 1. The van der Waals surface area contributed by atoms with E-state index in [4.69, 9.17) is 4.74 Å². The van der Waals surface area contributed by atoms with E-state index in [2.05, 4.69) is 20.2 Å². The van der Waals surface area contributed by atoms with Gasteiger partial charge < -0.3 is 15.0 Å². The Morgan fingerprint density at radius 1 is 1.45 bits per heavy atom. The van der Waals surface area contributed by atoms with Gasteiger partial charge in [0, 0.05) is 19.7 Å². The van der Waals surface area contributed by atoms with Gasteiger partial charge in [0.15, 0.2) is 5.82 Å². The number of carbonyl (C=O) groups is 1. The normalized spacial score (nSPS) is 25.9. The predicted octanol–water partition coefficient (Wildman–Crippen LogP) is 1.44. The highest BCUT2D eigenvalue weighted by Gasteiger charge is 2.31. The fourth-order valence-electron chi connectivity index (χ4n) is 2.83. The Hall–Kier alpha value is -1.69. The van der Waals surface area contributed by atoms with Gasteiger partial charge in [-0.05, 0) is 25.2 Å².